The predicted molar refractivity (Wildman–Crippen MR) is 63.6 cm³/mol. The second-order valence-electron chi connectivity index (χ2n) is 4.95. The number of carboxylic acids is 1. The molecule has 1 fully saturated rings. The molecule has 0 unspecified atom stereocenters. The van der Waals surface area contributed by atoms with E-state index in [4.69, 9.17) is 5.11 Å². The molecule has 2 heterocycles. The Morgan fingerprint density at radius 2 is 2.35 bits per heavy atom. The SMILES string of the molecule is C[C@@H]1CN(CCc2cnn(C)c2)C[C@H]1C(=O)O. The van der Waals surface area contributed by atoms with Gasteiger partial charge in [0, 0.05) is 32.9 Å². The molecular weight excluding hydrogens is 218 g/mol. The number of aromatic nitrogens is 2. The van der Waals surface area contributed by atoms with E-state index >= 15 is 0 Å². The fraction of sp³-hybridized carbons (Fsp3) is 0.667. The summed E-state index contributed by atoms with van der Waals surface area (Å²) in [4.78, 5) is 13.2. The first-order valence-electron chi connectivity index (χ1n) is 5.99. The Balaban J connectivity index is 1.83. The topological polar surface area (TPSA) is 58.4 Å². The molecule has 0 aromatic carbocycles. The van der Waals surface area contributed by atoms with Gasteiger partial charge in [0.15, 0.2) is 0 Å². The van der Waals surface area contributed by atoms with Gasteiger partial charge >= 0.3 is 5.97 Å². The first kappa shape index (κ1) is 12.1. The summed E-state index contributed by atoms with van der Waals surface area (Å²) >= 11 is 0. The molecule has 0 amide bonds. The maximum Gasteiger partial charge on any atom is 0.308 e. The van der Waals surface area contributed by atoms with Crippen molar-refractivity contribution in [3.8, 4) is 0 Å². The van der Waals surface area contributed by atoms with Gasteiger partial charge in [-0.2, -0.15) is 5.10 Å². The highest BCUT2D eigenvalue weighted by atomic mass is 16.4. The molecule has 94 valence electrons. The minimum absolute atomic E-state index is 0.205. The minimum atomic E-state index is -0.665. The van der Waals surface area contributed by atoms with Crippen LogP contribution in [0.2, 0.25) is 0 Å². The van der Waals surface area contributed by atoms with Gasteiger partial charge in [0.05, 0.1) is 12.1 Å². The van der Waals surface area contributed by atoms with E-state index in [0.29, 0.717) is 6.54 Å². The summed E-state index contributed by atoms with van der Waals surface area (Å²) in [6.45, 7) is 4.50. The first-order valence-corrected chi connectivity index (χ1v) is 5.99. The van der Waals surface area contributed by atoms with Crippen molar-refractivity contribution in [3.63, 3.8) is 0 Å². The molecule has 0 spiro atoms. The molecule has 0 saturated carbocycles. The van der Waals surface area contributed by atoms with E-state index in [9.17, 15) is 4.79 Å². The highest BCUT2D eigenvalue weighted by Gasteiger charge is 2.34. The quantitative estimate of drug-likeness (QED) is 0.834. The number of hydrogen-bond acceptors (Lipinski definition) is 3. The molecule has 5 nitrogen and oxygen atoms in total. The molecule has 1 aliphatic rings. The molecule has 0 bridgehead atoms. The van der Waals surface area contributed by atoms with Crippen molar-refractivity contribution in [1.29, 1.82) is 0 Å². The number of rotatable bonds is 4. The molecule has 5 heteroatoms. The van der Waals surface area contributed by atoms with E-state index in [-0.39, 0.29) is 11.8 Å². The van der Waals surface area contributed by atoms with Crippen molar-refractivity contribution < 1.29 is 9.90 Å². The van der Waals surface area contributed by atoms with Crippen LogP contribution in [0.25, 0.3) is 0 Å². The standard InChI is InChI=1S/C12H19N3O2/c1-9-6-15(8-11(9)12(16)17)4-3-10-5-13-14(2)7-10/h5,7,9,11H,3-4,6,8H2,1-2H3,(H,16,17)/t9-,11-/m1/s1. The zero-order chi connectivity index (χ0) is 12.4. The highest BCUT2D eigenvalue weighted by molar-refractivity contribution is 5.71. The number of nitrogens with zero attached hydrogens (tertiary/aromatic N) is 3. The van der Waals surface area contributed by atoms with Crippen LogP contribution in [0, 0.1) is 11.8 Å². The number of aliphatic carboxylic acids is 1. The molecule has 17 heavy (non-hydrogen) atoms. The lowest BCUT2D eigenvalue weighted by atomic mass is 9.99. The Labute approximate surface area is 101 Å². The van der Waals surface area contributed by atoms with E-state index < -0.39 is 5.97 Å². The number of hydrogen-bond donors (Lipinski definition) is 1. The van der Waals surface area contributed by atoms with Crippen molar-refractivity contribution in [3.05, 3.63) is 18.0 Å². The fourth-order valence-corrected chi connectivity index (χ4v) is 2.46. The summed E-state index contributed by atoms with van der Waals surface area (Å²) in [6, 6.07) is 0. The summed E-state index contributed by atoms with van der Waals surface area (Å²) in [7, 11) is 1.90. The smallest absolute Gasteiger partial charge is 0.308 e. The van der Waals surface area contributed by atoms with Crippen LogP contribution in [0.3, 0.4) is 0 Å². The first-order chi connectivity index (χ1) is 8.06. The molecule has 2 rings (SSSR count). The Kier molecular flexibility index (Phi) is 3.47. The zero-order valence-electron chi connectivity index (χ0n) is 10.3. The average Bonchev–Trinajstić information content (AvgIpc) is 2.82. The van der Waals surface area contributed by atoms with Gasteiger partial charge in [0.1, 0.15) is 0 Å². The van der Waals surface area contributed by atoms with E-state index in [0.717, 1.165) is 19.5 Å². The van der Waals surface area contributed by atoms with Crippen LogP contribution in [0.15, 0.2) is 12.4 Å². The normalized spacial score (nSPS) is 25.3. The molecule has 1 aromatic rings. The van der Waals surface area contributed by atoms with Crippen LogP contribution in [0.4, 0.5) is 0 Å². The molecule has 1 aliphatic heterocycles. The monoisotopic (exact) mass is 237 g/mol. The summed E-state index contributed by atoms with van der Waals surface area (Å²) < 4.78 is 1.79. The summed E-state index contributed by atoms with van der Waals surface area (Å²) in [5, 5.41) is 13.2. The van der Waals surface area contributed by atoms with Gasteiger partial charge in [-0.1, -0.05) is 6.92 Å². The van der Waals surface area contributed by atoms with Crippen LogP contribution < -0.4 is 0 Å². The number of carboxylic acid groups (broad SMARTS) is 1. The van der Waals surface area contributed by atoms with Gasteiger partial charge < -0.3 is 10.0 Å². The van der Waals surface area contributed by atoms with Crippen LogP contribution in [0.1, 0.15) is 12.5 Å². The largest absolute Gasteiger partial charge is 0.481 e. The molecular formula is C12H19N3O2. The molecule has 2 atom stereocenters. The van der Waals surface area contributed by atoms with Crippen LogP contribution >= 0.6 is 0 Å². The molecule has 1 aromatic heterocycles. The summed E-state index contributed by atoms with van der Waals surface area (Å²) in [6.07, 6.45) is 4.81. The van der Waals surface area contributed by atoms with Crippen LogP contribution in [-0.4, -0.2) is 45.4 Å². The second-order valence-corrected chi connectivity index (χ2v) is 4.95. The second kappa shape index (κ2) is 4.87. The van der Waals surface area contributed by atoms with Gasteiger partial charge in [0.25, 0.3) is 0 Å². The maximum atomic E-state index is 11.0. The van der Waals surface area contributed by atoms with Gasteiger partial charge in [0.2, 0.25) is 0 Å². The van der Waals surface area contributed by atoms with Gasteiger partial charge in [-0.05, 0) is 17.9 Å². The minimum Gasteiger partial charge on any atom is -0.481 e. The van der Waals surface area contributed by atoms with Gasteiger partial charge in [-0.3, -0.25) is 9.48 Å². The lowest BCUT2D eigenvalue weighted by Crippen LogP contribution is -2.25. The number of likely N-dealkylation sites (tertiary alicyclic amines) is 1. The van der Waals surface area contributed by atoms with Crippen molar-refractivity contribution in [2.45, 2.75) is 13.3 Å². The van der Waals surface area contributed by atoms with E-state index in [1.807, 2.05) is 26.4 Å². The predicted octanol–water partition coefficient (Wildman–Crippen LogP) is 0.615. The lowest BCUT2D eigenvalue weighted by molar-refractivity contribution is -0.142. The lowest BCUT2D eigenvalue weighted by Gasteiger charge is -2.14. The third kappa shape index (κ3) is 2.85. The average molecular weight is 237 g/mol. The zero-order valence-corrected chi connectivity index (χ0v) is 10.3. The van der Waals surface area contributed by atoms with Crippen LogP contribution in [0.5, 0.6) is 0 Å². The Morgan fingerprint density at radius 1 is 1.59 bits per heavy atom. The van der Waals surface area contributed by atoms with E-state index in [1.54, 1.807) is 4.68 Å². The van der Waals surface area contributed by atoms with Gasteiger partial charge in [-0.25, -0.2) is 0 Å². The Bertz CT molecular complexity index is 402. The summed E-state index contributed by atoms with van der Waals surface area (Å²) in [5.74, 6) is -0.619. The van der Waals surface area contributed by atoms with E-state index in [2.05, 4.69) is 10.00 Å². The summed E-state index contributed by atoms with van der Waals surface area (Å²) in [5.41, 5.74) is 1.21. The van der Waals surface area contributed by atoms with E-state index in [1.165, 1.54) is 5.56 Å². The highest BCUT2D eigenvalue weighted by Crippen LogP contribution is 2.23. The Morgan fingerprint density at radius 3 is 2.88 bits per heavy atom. The maximum absolute atomic E-state index is 11.0. The molecule has 1 N–H and O–H groups in total. The molecule has 1 saturated heterocycles. The van der Waals surface area contributed by atoms with Gasteiger partial charge in [-0.15, -0.1) is 0 Å². The number of aryl methyl sites for hydroxylation is 1. The van der Waals surface area contributed by atoms with Crippen LogP contribution in [-0.2, 0) is 18.3 Å². The van der Waals surface area contributed by atoms with Crippen molar-refractivity contribution in [2.75, 3.05) is 19.6 Å². The molecule has 0 radical (unpaired) electrons. The van der Waals surface area contributed by atoms with Crippen molar-refractivity contribution in [1.82, 2.24) is 14.7 Å². The fourth-order valence-electron chi connectivity index (χ4n) is 2.46. The van der Waals surface area contributed by atoms with Crippen molar-refractivity contribution in [2.24, 2.45) is 18.9 Å². The third-order valence-electron chi connectivity index (χ3n) is 3.48. The number of carbonyl (C=O) groups is 1. The van der Waals surface area contributed by atoms with Crippen molar-refractivity contribution >= 4 is 5.97 Å². The molecule has 0 aliphatic carbocycles. The third-order valence-corrected chi connectivity index (χ3v) is 3.48. The Hall–Kier alpha value is -1.36.